The minimum Gasteiger partial charge on any atom is -0.449 e. The van der Waals surface area contributed by atoms with Gasteiger partial charge in [-0.25, -0.2) is 4.79 Å². The summed E-state index contributed by atoms with van der Waals surface area (Å²) in [5.74, 6) is 0. The van der Waals surface area contributed by atoms with E-state index in [9.17, 15) is 4.79 Å². The highest BCUT2D eigenvalue weighted by atomic mass is 16.6. The largest absolute Gasteiger partial charge is 0.449 e. The van der Waals surface area contributed by atoms with Crippen molar-refractivity contribution in [2.75, 3.05) is 19.7 Å². The van der Waals surface area contributed by atoms with Gasteiger partial charge in [-0.3, -0.25) is 0 Å². The second-order valence-electron chi connectivity index (χ2n) is 2.45. The standard InChI is InChI=1S/C7H13NO2/c1-2-3-6-10-7(9)8-4-5-8/h2-6H2,1H3. The van der Waals surface area contributed by atoms with Crippen molar-refractivity contribution >= 4 is 6.09 Å². The fourth-order valence-electron chi connectivity index (χ4n) is 0.628. The smallest absolute Gasteiger partial charge is 0.409 e. The van der Waals surface area contributed by atoms with Crippen molar-refractivity contribution in [3.63, 3.8) is 0 Å². The molecule has 1 aliphatic rings. The summed E-state index contributed by atoms with van der Waals surface area (Å²) in [6.45, 7) is 4.41. The number of hydrogen-bond acceptors (Lipinski definition) is 2. The molecule has 0 atom stereocenters. The summed E-state index contributed by atoms with van der Waals surface area (Å²) in [7, 11) is 0. The molecule has 10 heavy (non-hydrogen) atoms. The summed E-state index contributed by atoms with van der Waals surface area (Å²) < 4.78 is 4.89. The maximum absolute atomic E-state index is 10.8. The molecule has 0 spiro atoms. The van der Waals surface area contributed by atoms with E-state index in [4.69, 9.17) is 4.74 Å². The van der Waals surface area contributed by atoms with E-state index in [0.717, 1.165) is 25.9 Å². The molecule has 3 heteroatoms. The molecule has 1 heterocycles. The molecule has 1 saturated heterocycles. The molecule has 1 rings (SSSR count). The van der Waals surface area contributed by atoms with Crippen LogP contribution in [0, 0.1) is 0 Å². The van der Waals surface area contributed by atoms with E-state index in [-0.39, 0.29) is 6.09 Å². The van der Waals surface area contributed by atoms with Crippen LogP contribution in [0.5, 0.6) is 0 Å². The first kappa shape index (κ1) is 7.38. The number of rotatable bonds is 3. The van der Waals surface area contributed by atoms with Gasteiger partial charge in [0.1, 0.15) is 0 Å². The molecule has 0 unspecified atom stereocenters. The van der Waals surface area contributed by atoms with Gasteiger partial charge in [-0.05, 0) is 6.42 Å². The molecule has 58 valence electrons. The van der Waals surface area contributed by atoms with E-state index < -0.39 is 0 Å². The zero-order chi connectivity index (χ0) is 7.40. The Labute approximate surface area is 61.0 Å². The van der Waals surface area contributed by atoms with Crippen LogP contribution in [0.1, 0.15) is 19.8 Å². The average Bonchev–Trinajstić information content (AvgIpc) is 2.69. The van der Waals surface area contributed by atoms with Gasteiger partial charge in [0, 0.05) is 13.1 Å². The van der Waals surface area contributed by atoms with E-state index in [1.165, 1.54) is 0 Å². The Bertz CT molecular complexity index is 121. The fraction of sp³-hybridized carbons (Fsp3) is 0.857. The Morgan fingerprint density at radius 2 is 2.30 bits per heavy atom. The van der Waals surface area contributed by atoms with Crippen molar-refractivity contribution < 1.29 is 9.53 Å². The first-order chi connectivity index (χ1) is 4.84. The quantitative estimate of drug-likeness (QED) is 0.439. The monoisotopic (exact) mass is 143 g/mol. The molecule has 1 amide bonds. The van der Waals surface area contributed by atoms with E-state index in [1.807, 2.05) is 0 Å². The number of hydrogen-bond donors (Lipinski definition) is 0. The summed E-state index contributed by atoms with van der Waals surface area (Å²) in [5.41, 5.74) is 0. The predicted molar refractivity (Wildman–Crippen MR) is 37.8 cm³/mol. The number of nitrogens with zero attached hydrogens (tertiary/aromatic N) is 1. The van der Waals surface area contributed by atoms with Gasteiger partial charge >= 0.3 is 6.09 Å². The molecular weight excluding hydrogens is 130 g/mol. The molecule has 0 radical (unpaired) electrons. The molecule has 0 aliphatic carbocycles. The first-order valence-electron chi connectivity index (χ1n) is 3.76. The van der Waals surface area contributed by atoms with Crippen LogP contribution < -0.4 is 0 Å². The molecule has 0 N–H and O–H groups in total. The van der Waals surface area contributed by atoms with E-state index in [0.29, 0.717) is 6.61 Å². The zero-order valence-electron chi connectivity index (χ0n) is 6.30. The van der Waals surface area contributed by atoms with Crippen molar-refractivity contribution in [2.24, 2.45) is 0 Å². The lowest BCUT2D eigenvalue weighted by atomic mass is 10.4. The van der Waals surface area contributed by atoms with E-state index in [1.54, 1.807) is 4.90 Å². The van der Waals surface area contributed by atoms with Gasteiger partial charge in [-0.1, -0.05) is 13.3 Å². The number of carbonyl (C=O) groups is 1. The van der Waals surface area contributed by atoms with Gasteiger partial charge in [0.25, 0.3) is 0 Å². The second-order valence-corrected chi connectivity index (χ2v) is 2.45. The van der Waals surface area contributed by atoms with Gasteiger partial charge in [-0.2, -0.15) is 0 Å². The van der Waals surface area contributed by atoms with Crippen LogP contribution in [-0.2, 0) is 4.74 Å². The summed E-state index contributed by atoms with van der Waals surface area (Å²) in [6.07, 6.45) is 1.90. The third-order valence-electron chi connectivity index (χ3n) is 1.43. The molecule has 0 aromatic carbocycles. The Morgan fingerprint density at radius 3 is 2.80 bits per heavy atom. The molecular formula is C7H13NO2. The fourth-order valence-corrected chi connectivity index (χ4v) is 0.628. The third kappa shape index (κ3) is 2.25. The van der Waals surface area contributed by atoms with Crippen molar-refractivity contribution in [1.82, 2.24) is 4.90 Å². The number of ether oxygens (including phenoxy) is 1. The Hall–Kier alpha value is -0.730. The first-order valence-corrected chi connectivity index (χ1v) is 3.76. The average molecular weight is 143 g/mol. The molecule has 0 aromatic heterocycles. The van der Waals surface area contributed by atoms with Crippen LogP contribution in [0.4, 0.5) is 4.79 Å². The van der Waals surface area contributed by atoms with Crippen molar-refractivity contribution in [3.8, 4) is 0 Å². The Morgan fingerprint density at radius 1 is 1.60 bits per heavy atom. The van der Waals surface area contributed by atoms with Gasteiger partial charge in [0.05, 0.1) is 6.61 Å². The topological polar surface area (TPSA) is 29.3 Å². The van der Waals surface area contributed by atoms with Crippen LogP contribution in [0.25, 0.3) is 0 Å². The lowest BCUT2D eigenvalue weighted by Crippen LogP contribution is -2.12. The molecule has 0 saturated carbocycles. The highest BCUT2D eigenvalue weighted by molar-refractivity contribution is 5.69. The van der Waals surface area contributed by atoms with E-state index in [2.05, 4.69) is 6.92 Å². The lowest BCUT2D eigenvalue weighted by molar-refractivity contribution is 0.130. The highest BCUT2D eigenvalue weighted by Crippen LogP contribution is 2.05. The Balaban J connectivity index is 1.95. The summed E-state index contributed by atoms with van der Waals surface area (Å²) in [5, 5.41) is 0. The van der Waals surface area contributed by atoms with Gasteiger partial charge in [0.2, 0.25) is 0 Å². The van der Waals surface area contributed by atoms with Crippen LogP contribution in [0.2, 0.25) is 0 Å². The van der Waals surface area contributed by atoms with Gasteiger partial charge in [0.15, 0.2) is 0 Å². The van der Waals surface area contributed by atoms with Crippen molar-refractivity contribution in [3.05, 3.63) is 0 Å². The number of carbonyl (C=O) groups excluding carboxylic acids is 1. The Kier molecular flexibility index (Phi) is 2.54. The third-order valence-corrected chi connectivity index (χ3v) is 1.43. The minimum atomic E-state index is -0.145. The lowest BCUT2D eigenvalue weighted by Gasteiger charge is -2.02. The predicted octanol–water partition coefficient (Wildman–Crippen LogP) is 1.24. The summed E-state index contributed by atoms with van der Waals surface area (Å²) in [6, 6.07) is 0. The summed E-state index contributed by atoms with van der Waals surface area (Å²) >= 11 is 0. The molecule has 0 bridgehead atoms. The van der Waals surface area contributed by atoms with Crippen LogP contribution >= 0.6 is 0 Å². The van der Waals surface area contributed by atoms with Crippen LogP contribution in [0.3, 0.4) is 0 Å². The van der Waals surface area contributed by atoms with Gasteiger partial charge in [-0.15, -0.1) is 0 Å². The van der Waals surface area contributed by atoms with Crippen molar-refractivity contribution in [1.29, 1.82) is 0 Å². The van der Waals surface area contributed by atoms with Gasteiger partial charge < -0.3 is 9.64 Å². The molecule has 3 nitrogen and oxygen atoms in total. The maximum Gasteiger partial charge on any atom is 0.409 e. The normalized spacial score (nSPS) is 15.1. The van der Waals surface area contributed by atoms with Crippen molar-refractivity contribution in [2.45, 2.75) is 19.8 Å². The van der Waals surface area contributed by atoms with Crippen LogP contribution in [0.15, 0.2) is 0 Å². The maximum atomic E-state index is 10.8. The summed E-state index contributed by atoms with van der Waals surface area (Å²) in [4.78, 5) is 12.5. The second kappa shape index (κ2) is 3.44. The number of unbranched alkanes of at least 4 members (excludes halogenated alkanes) is 1. The number of amides is 1. The SMILES string of the molecule is CCCCOC(=O)N1CC1. The molecule has 1 fully saturated rings. The van der Waals surface area contributed by atoms with Crippen LogP contribution in [-0.4, -0.2) is 30.7 Å². The van der Waals surface area contributed by atoms with E-state index >= 15 is 0 Å². The minimum absolute atomic E-state index is 0.145. The molecule has 0 aromatic rings. The highest BCUT2D eigenvalue weighted by Gasteiger charge is 2.24. The molecule has 1 aliphatic heterocycles. The zero-order valence-corrected chi connectivity index (χ0v) is 6.30.